The molecule has 0 aliphatic heterocycles. The number of nitrogens with one attached hydrogen (secondary N) is 1. The summed E-state index contributed by atoms with van der Waals surface area (Å²) in [6, 6.07) is 5.59. The van der Waals surface area contributed by atoms with Crippen LogP contribution in [0.25, 0.3) is 0 Å². The van der Waals surface area contributed by atoms with E-state index in [0.717, 1.165) is 17.4 Å². The first kappa shape index (κ1) is 13.0. The predicted molar refractivity (Wildman–Crippen MR) is 66.9 cm³/mol. The Bertz CT molecular complexity index is 467. The molecule has 5 heteroatoms. The molecule has 1 rings (SSSR count). The van der Waals surface area contributed by atoms with Crippen molar-refractivity contribution in [1.29, 1.82) is 0 Å². The minimum atomic E-state index is -3.24. The maximum Gasteiger partial charge on any atom is 0.229 e. The standard InChI is InChI=1S/C11H18N2O2S/c1-8(2)10-4-9(7-12)5-11(6-10)13-16(3,14)15/h4-6,8,13H,7,12H2,1-3H3. The second kappa shape index (κ2) is 4.84. The summed E-state index contributed by atoms with van der Waals surface area (Å²) < 4.78 is 24.7. The van der Waals surface area contributed by atoms with Crippen molar-refractivity contribution in [1.82, 2.24) is 0 Å². The fraction of sp³-hybridized carbons (Fsp3) is 0.455. The van der Waals surface area contributed by atoms with Crippen LogP contribution in [0.3, 0.4) is 0 Å². The molecule has 0 amide bonds. The first-order valence-corrected chi connectivity index (χ1v) is 7.02. The summed E-state index contributed by atoms with van der Waals surface area (Å²) in [6.07, 6.45) is 1.14. The minimum absolute atomic E-state index is 0.339. The van der Waals surface area contributed by atoms with E-state index in [0.29, 0.717) is 18.2 Å². The predicted octanol–water partition coefficient (Wildman–Crippen LogP) is 1.64. The summed E-state index contributed by atoms with van der Waals surface area (Å²) in [6.45, 7) is 4.51. The van der Waals surface area contributed by atoms with Gasteiger partial charge in [-0.3, -0.25) is 4.72 Å². The Kier molecular flexibility index (Phi) is 3.93. The van der Waals surface area contributed by atoms with Crippen LogP contribution in [-0.2, 0) is 16.6 Å². The van der Waals surface area contributed by atoms with Crippen LogP contribution in [0.15, 0.2) is 18.2 Å². The number of rotatable bonds is 4. The summed E-state index contributed by atoms with van der Waals surface area (Å²) >= 11 is 0. The van der Waals surface area contributed by atoms with Gasteiger partial charge in [-0.05, 0) is 29.2 Å². The zero-order valence-corrected chi connectivity index (χ0v) is 10.6. The number of anilines is 1. The lowest BCUT2D eigenvalue weighted by molar-refractivity contribution is 0.607. The average Bonchev–Trinajstić information content (AvgIpc) is 2.14. The molecule has 90 valence electrons. The van der Waals surface area contributed by atoms with E-state index < -0.39 is 10.0 Å². The molecule has 0 atom stereocenters. The molecule has 4 nitrogen and oxygen atoms in total. The van der Waals surface area contributed by atoms with Crippen molar-refractivity contribution >= 4 is 15.7 Å². The van der Waals surface area contributed by atoms with Gasteiger partial charge in [0.05, 0.1) is 6.26 Å². The first-order chi connectivity index (χ1) is 7.31. The maximum atomic E-state index is 11.1. The average molecular weight is 242 g/mol. The van der Waals surface area contributed by atoms with Crippen molar-refractivity contribution in [2.75, 3.05) is 11.0 Å². The van der Waals surface area contributed by atoms with Crippen molar-refractivity contribution in [2.24, 2.45) is 5.73 Å². The van der Waals surface area contributed by atoms with E-state index in [1.807, 2.05) is 12.1 Å². The molecule has 0 aliphatic carbocycles. The van der Waals surface area contributed by atoms with Gasteiger partial charge in [0.15, 0.2) is 0 Å². The Morgan fingerprint density at radius 1 is 1.31 bits per heavy atom. The normalized spacial score (nSPS) is 11.8. The second-order valence-electron chi connectivity index (χ2n) is 4.20. The van der Waals surface area contributed by atoms with Crippen molar-refractivity contribution < 1.29 is 8.42 Å². The third kappa shape index (κ3) is 3.83. The van der Waals surface area contributed by atoms with Crippen LogP contribution in [0.4, 0.5) is 5.69 Å². The number of sulfonamides is 1. The lowest BCUT2D eigenvalue weighted by Crippen LogP contribution is -2.11. The van der Waals surface area contributed by atoms with Gasteiger partial charge in [-0.2, -0.15) is 0 Å². The summed E-state index contributed by atoms with van der Waals surface area (Å²) in [4.78, 5) is 0. The smallest absolute Gasteiger partial charge is 0.229 e. The van der Waals surface area contributed by atoms with E-state index in [2.05, 4.69) is 18.6 Å². The van der Waals surface area contributed by atoms with E-state index in [-0.39, 0.29) is 0 Å². The van der Waals surface area contributed by atoms with Gasteiger partial charge in [-0.25, -0.2) is 8.42 Å². The quantitative estimate of drug-likeness (QED) is 0.843. The van der Waals surface area contributed by atoms with E-state index in [9.17, 15) is 8.42 Å². The summed E-state index contributed by atoms with van der Waals surface area (Å²) in [7, 11) is -3.24. The highest BCUT2D eigenvalue weighted by Gasteiger charge is 2.07. The molecule has 0 unspecified atom stereocenters. The lowest BCUT2D eigenvalue weighted by atomic mass is 10.00. The highest BCUT2D eigenvalue weighted by atomic mass is 32.2. The van der Waals surface area contributed by atoms with Gasteiger partial charge in [-0.1, -0.05) is 19.9 Å². The molecule has 3 N–H and O–H groups in total. The van der Waals surface area contributed by atoms with Gasteiger partial charge in [0.25, 0.3) is 0 Å². The van der Waals surface area contributed by atoms with Crippen molar-refractivity contribution in [2.45, 2.75) is 26.3 Å². The Hall–Kier alpha value is -1.07. The monoisotopic (exact) mass is 242 g/mol. The van der Waals surface area contributed by atoms with Gasteiger partial charge >= 0.3 is 0 Å². The van der Waals surface area contributed by atoms with Gasteiger partial charge in [0.1, 0.15) is 0 Å². The number of hydrogen-bond acceptors (Lipinski definition) is 3. The molecule has 0 heterocycles. The van der Waals surface area contributed by atoms with E-state index in [1.165, 1.54) is 0 Å². The molecule has 0 saturated heterocycles. The van der Waals surface area contributed by atoms with Gasteiger partial charge in [0.2, 0.25) is 10.0 Å². The Labute approximate surface area is 96.9 Å². The van der Waals surface area contributed by atoms with Crippen molar-refractivity contribution in [3.8, 4) is 0 Å². The molecule has 0 aromatic heterocycles. The highest BCUT2D eigenvalue weighted by molar-refractivity contribution is 7.92. The molecule has 1 aromatic rings. The Morgan fingerprint density at radius 2 is 1.94 bits per heavy atom. The molecular formula is C11H18N2O2S. The van der Waals surface area contributed by atoms with Crippen LogP contribution in [0, 0.1) is 0 Å². The van der Waals surface area contributed by atoms with E-state index in [1.54, 1.807) is 6.07 Å². The third-order valence-corrected chi connectivity index (χ3v) is 2.83. The molecule has 0 saturated carbocycles. The maximum absolute atomic E-state index is 11.1. The summed E-state index contributed by atoms with van der Waals surface area (Å²) in [5.74, 6) is 0.339. The van der Waals surface area contributed by atoms with Crippen LogP contribution in [0.2, 0.25) is 0 Å². The first-order valence-electron chi connectivity index (χ1n) is 5.13. The minimum Gasteiger partial charge on any atom is -0.326 e. The Balaban J connectivity index is 3.14. The van der Waals surface area contributed by atoms with E-state index in [4.69, 9.17) is 5.73 Å². The molecule has 0 radical (unpaired) electrons. The molecule has 1 aromatic carbocycles. The zero-order chi connectivity index (χ0) is 12.3. The van der Waals surface area contributed by atoms with Crippen LogP contribution in [0.5, 0.6) is 0 Å². The molecule has 0 spiro atoms. The highest BCUT2D eigenvalue weighted by Crippen LogP contribution is 2.22. The van der Waals surface area contributed by atoms with Crippen LogP contribution in [-0.4, -0.2) is 14.7 Å². The molecule has 0 aliphatic rings. The molecule has 0 bridgehead atoms. The van der Waals surface area contributed by atoms with E-state index >= 15 is 0 Å². The Morgan fingerprint density at radius 3 is 2.38 bits per heavy atom. The molecule has 16 heavy (non-hydrogen) atoms. The number of nitrogens with two attached hydrogens (primary N) is 1. The number of hydrogen-bond donors (Lipinski definition) is 2. The van der Waals surface area contributed by atoms with Gasteiger partial charge < -0.3 is 5.73 Å². The topological polar surface area (TPSA) is 72.2 Å². The lowest BCUT2D eigenvalue weighted by Gasteiger charge is -2.12. The van der Waals surface area contributed by atoms with Crippen molar-refractivity contribution in [3.05, 3.63) is 29.3 Å². The third-order valence-electron chi connectivity index (χ3n) is 2.22. The fourth-order valence-corrected chi connectivity index (χ4v) is 1.99. The fourth-order valence-electron chi connectivity index (χ4n) is 1.44. The molecular weight excluding hydrogens is 224 g/mol. The SMILES string of the molecule is CC(C)c1cc(CN)cc(NS(C)(=O)=O)c1. The van der Waals surface area contributed by atoms with Crippen molar-refractivity contribution in [3.63, 3.8) is 0 Å². The summed E-state index contributed by atoms with van der Waals surface area (Å²) in [5.41, 5.74) is 8.16. The van der Waals surface area contributed by atoms with Crippen LogP contribution < -0.4 is 10.5 Å². The largest absolute Gasteiger partial charge is 0.326 e. The van der Waals surface area contributed by atoms with Crippen LogP contribution in [0.1, 0.15) is 30.9 Å². The van der Waals surface area contributed by atoms with Crippen LogP contribution >= 0.6 is 0 Å². The van der Waals surface area contributed by atoms with Gasteiger partial charge in [-0.15, -0.1) is 0 Å². The zero-order valence-electron chi connectivity index (χ0n) is 9.82. The second-order valence-corrected chi connectivity index (χ2v) is 5.94. The van der Waals surface area contributed by atoms with Gasteiger partial charge in [0, 0.05) is 12.2 Å². The summed E-state index contributed by atoms with van der Waals surface area (Å²) in [5, 5.41) is 0. The number of benzene rings is 1. The molecule has 0 fully saturated rings.